The maximum absolute atomic E-state index is 4.26. The van der Waals surface area contributed by atoms with E-state index in [2.05, 4.69) is 14.6 Å². The third-order valence-electron chi connectivity index (χ3n) is 1.61. The van der Waals surface area contributed by atoms with Gasteiger partial charge in [-0.15, -0.1) is 5.10 Å². The van der Waals surface area contributed by atoms with Gasteiger partial charge in [-0.3, -0.25) is 0 Å². The van der Waals surface area contributed by atoms with Crippen LogP contribution < -0.4 is 0 Å². The maximum atomic E-state index is 4.26. The fourth-order valence-corrected chi connectivity index (χ4v) is 1.66. The van der Waals surface area contributed by atoms with Gasteiger partial charge in [0.05, 0.1) is 11.1 Å². The third kappa shape index (κ3) is 0.903. The molecule has 56 valence electrons. The van der Waals surface area contributed by atoms with E-state index in [1.807, 2.05) is 13.8 Å². The van der Waals surface area contributed by atoms with Crippen LogP contribution in [-0.2, 0) is 0 Å². The van der Waals surface area contributed by atoms with Gasteiger partial charge < -0.3 is 0 Å². The van der Waals surface area contributed by atoms with Crippen molar-refractivity contribution in [2.24, 2.45) is 0 Å². The highest BCUT2D eigenvalue weighted by Gasteiger charge is 2.04. The van der Waals surface area contributed by atoms with Crippen LogP contribution in [0.5, 0.6) is 0 Å². The molecule has 4 heteroatoms. The minimum atomic E-state index is 0.940. The Kier molecular flexibility index (Phi) is 1.35. The Morgan fingerprint density at radius 3 is 2.82 bits per heavy atom. The van der Waals surface area contributed by atoms with E-state index in [0.29, 0.717) is 0 Å². The minimum absolute atomic E-state index is 0.940. The van der Waals surface area contributed by atoms with Gasteiger partial charge in [0.2, 0.25) is 0 Å². The first kappa shape index (κ1) is 6.67. The van der Waals surface area contributed by atoms with E-state index in [1.165, 1.54) is 11.5 Å². The molecule has 11 heavy (non-hydrogen) atoms. The molecule has 0 aliphatic carbocycles. The first-order valence-corrected chi connectivity index (χ1v) is 4.10. The van der Waals surface area contributed by atoms with Gasteiger partial charge in [0.15, 0.2) is 0 Å². The topological polar surface area (TPSA) is 38.7 Å². The molecule has 0 amide bonds. The van der Waals surface area contributed by atoms with E-state index in [1.54, 1.807) is 6.20 Å². The lowest BCUT2D eigenvalue weighted by molar-refractivity contribution is 1.06. The zero-order chi connectivity index (χ0) is 7.84. The second-order valence-electron chi connectivity index (χ2n) is 2.46. The van der Waals surface area contributed by atoms with E-state index < -0.39 is 0 Å². The van der Waals surface area contributed by atoms with Crippen molar-refractivity contribution >= 4 is 22.6 Å². The van der Waals surface area contributed by atoms with Gasteiger partial charge in [-0.2, -0.15) is 9.47 Å². The Hall–Kier alpha value is -1.03. The van der Waals surface area contributed by atoms with Crippen molar-refractivity contribution in [3.05, 3.63) is 16.6 Å². The standard InChI is InChI=1S/C7H7N3S/c1-4-3-8-9-7-5(2)11-10-6(4)7/h3H,1-2H3. The van der Waals surface area contributed by atoms with Crippen LogP contribution in [0.2, 0.25) is 0 Å². The predicted octanol–water partition coefficient (Wildman–Crippen LogP) is 1.70. The van der Waals surface area contributed by atoms with Crippen LogP contribution in [0.3, 0.4) is 0 Å². The van der Waals surface area contributed by atoms with E-state index in [-0.39, 0.29) is 0 Å². The summed E-state index contributed by atoms with van der Waals surface area (Å²) in [6.45, 7) is 4.00. The molecule has 0 bridgehead atoms. The highest BCUT2D eigenvalue weighted by Crippen LogP contribution is 2.19. The van der Waals surface area contributed by atoms with Crippen molar-refractivity contribution in [1.82, 2.24) is 14.6 Å². The van der Waals surface area contributed by atoms with Crippen molar-refractivity contribution in [1.29, 1.82) is 0 Å². The second kappa shape index (κ2) is 2.23. The molecule has 0 aliphatic heterocycles. The lowest BCUT2D eigenvalue weighted by Gasteiger charge is -1.89. The Bertz CT molecular complexity index is 393. The molecule has 3 nitrogen and oxygen atoms in total. The lowest BCUT2D eigenvalue weighted by atomic mass is 10.3. The molecule has 0 unspecified atom stereocenters. The zero-order valence-electron chi connectivity index (χ0n) is 6.33. The molecule has 0 N–H and O–H groups in total. The first-order chi connectivity index (χ1) is 5.29. The van der Waals surface area contributed by atoms with Gasteiger partial charge in [0.25, 0.3) is 0 Å². The summed E-state index contributed by atoms with van der Waals surface area (Å²) in [6, 6.07) is 0. The monoisotopic (exact) mass is 165 g/mol. The van der Waals surface area contributed by atoms with Crippen LogP contribution in [0, 0.1) is 13.8 Å². The number of hydrogen-bond acceptors (Lipinski definition) is 4. The molecule has 2 rings (SSSR count). The van der Waals surface area contributed by atoms with Gasteiger partial charge in [-0.1, -0.05) is 0 Å². The molecule has 0 radical (unpaired) electrons. The van der Waals surface area contributed by atoms with Crippen molar-refractivity contribution in [3.63, 3.8) is 0 Å². The molecule has 0 saturated carbocycles. The Balaban J connectivity index is 2.94. The van der Waals surface area contributed by atoms with E-state index >= 15 is 0 Å². The van der Waals surface area contributed by atoms with Crippen molar-refractivity contribution in [2.45, 2.75) is 13.8 Å². The van der Waals surface area contributed by atoms with E-state index in [9.17, 15) is 0 Å². The van der Waals surface area contributed by atoms with Gasteiger partial charge in [-0.05, 0) is 30.9 Å². The fourth-order valence-electron chi connectivity index (χ4n) is 0.978. The summed E-state index contributed by atoms with van der Waals surface area (Å²) in [5, 5.41) is 7.86. The van der Waals surface area contributed by atoms with Gasteiger partial charge in [-0.25, -0.2) is 0 Å². The Morgan fingerprint density at radius 1 is 1.27 bits per heavy atom. The number of hydrogen-bond donors (Lipinski definition) is 0. The van der Waals surface area contributed by atoms with Crippen LogP contribution in [0.25, 0.3) is 11.0 Å². The van der Waals surface area contributed by atoms with Crippen LogP contribution in [0.1, 0.15) is 10.4 Å². The van der Waals surface area contributed by atoms with Crippen LogP contribution in [0.15, 0.2) is 6.20 Å². The number of rotatable bonds is 0. The highest BCUT2D eigenvalue weighted by atomic mass is 32.1. The Morgan fingerprint density at radius 2 is 2.09 bits per heavy atom. The minimum Gasteiger partial charge on any atom is -0.190 e. The molecule has 2 heterocycles. The molecule has 0 aromatic carbocycles. The van der Waals surface area contributed by atoms with E-state index in [0.717, 1.165) is 21.5 Å². The van der Waals surface area contributed by atoms with Gasteiger partial charge in [0.1, 0.15) is 11.0 Å². The average molecular weight is 165 g/mol. The summed E-state index contributed by atoms with van der Waals surface area (Å²) in [6.07, 6.45) is 1.74. The van der Waals surface area contributed by atoms with Crippen molar-refractivity contribution in [2.75, 3.05) is 0 Å². The fraction of sp³-hybridized carbons (Fsp3) is 0.286. The summed E-state index contributed by atoms with van der Waals surface area (Å²) >= 11 is 1.48. The SMILES string of the molecule is Cc1cnnc2c(C)snc12. The molecule has 2 aromatic heterocycles. The summed E-state index contributed by atoms with van der Waals surface area (Å²) in [4.78, 5) is 1.14. The smallest absolute Gasteiger partial charge is 0.127 e. The third-order valence-corrected chi connectivity index (χ3v) is 2.36. The zero-order valence-corrected chi connectivity index (χ0v) is 7.14. The molecule has 2 aromatic rings. The molecule has 0 fully saturated rings. The van der Waals surface area contributed by atoms with Crippen molar-refractivity contribution in [3.8, 4) is 0 Å². The molecular weight excluding hydrogens is 158 g/mol. The quantitative estimate of drug-likeness (QED) is 0.596. The number of nitrogens with zero attached hydrogens (tertiary/aromatic N) is 3. The molecule has 0 spiro atoms. The lowest BCUT2D eigenvalue weighted by Crippen LogP contribution is -1.84. The van der Waals surface area contributed by atoms with Crippen LogP contribution in [0.4, 0.5) is 0 Å². The summed E-state index contributed by atoms with van der Waals surface area (Å²) in [5.74, 6) is 0. The van der Waals surface area contributed by atoms with Gasteiger partial charge in [0, 0.05) is 0 Å². The van der Waals surface area contributed by atoms with Crippen molar-refractivity contribution < 1.29 is 0 Å². The number of fused-ring (bicyclic) bond motifs is 1. The molecule has 0 atom stereocenters. The normalized spacial score (nSPS) is 10.7. The highest BCUT2D eigenvalue weighted by molar-refractivity contribution is 7.07. The van der Waals surface area contributed by atoms with Crippen LogP contribution in [-0.4, -0.2) is 14.6 Å². The molecule has 0 aliphatic rings. The predicted molar refractivity (Wildman–Crippen MR) is 44.7 cm³/mol. The second-order valence-corrected chi connectivity index (χ2v) is 3.44. The summed E-state index contributed by atoms with van der Waals surface area (Å²) < 4.78 is 4.26. The van der Waals surface area contributed by atoms with E-state index in [4.69, 9.17) is 0 Å². The molecule has 0 saturated heterocycles. The summed E-state index contributed by atoms with van der Waals surface area (Å²) in [5.41, 5.74) is 3.02. The van der Waals surface area contributed by atoms with Crippen LogP contribution >= 0.6 is 11.5 Å². The maximum Gasteiger partial charge on any atom is 0.127 e. The van der Waals surface area contributed by atoms with Gasteiger partial charge >= 0.3 is 0 Å². The largest absolute Gasteiger partial charge is 0.190 e. The number of aryl methyl sites for hydroxylation is 2. The molecular formula is C7H7N3S. The Labute approximate surface area is 68.3 Å². The summed E-state index contributed by atoms with van der Waals surface area (Å²) in [7, 11) is 0. The average Bonchev–Trinajstić information content (AvgIpc) is 2.35. The first-order valence-electron chi connectivity index (χ1n) is 3.33. The number of aromatic nitrogens is 3.